The third-order valence-corrected chi connectivity index (χ3v) is 8.70. The second-order valence-electron chi connectivity index (χ2n) is 12.2. The molecule has 7 heteroatoms. The molecule has 1 aliphatic carbocycles. The summed E-state index contributed by atoms with van der Waals surface area (Å²) in [4.78, 5) is 52.6. The Morgan fingerprint density at radius 2 is 1.71 bits per heavy atom. The molecule has 1 unspecified atom stereocenters. The van der Waals surface area contributed by atoms with Gasteiger partial charge in [-0.2, -0.15) is 4.98 Å². The van der Waals surface area contributed by atoms with Crippen LogP contribution in [-0.2, 0) is 15.1 Å². The lowest BCUT2D eigenvalue weighted by Crippen LogP contribution is -2.47. The van der Waals surface area contributed by atoms with Crippen molar-refractivity contribution >= 4 is 34.3 Å². The Morgan fingerprint density at radius 1 is 0.976 bits per heavy atom. The quantitative estimate of drug-likeness (QED) is 0.235. The van der Waals surface area contributed by atoms with Crippen molar-refractivity contribution in [3.05, 3.63) is 59.7 Å². The molecule has 1 aliphatic heterocycles. The number of ketones is 2. The zero-order valence-corrected chi connectivity index (χ0v) is 24.5. The Labute approximate surface area is 242 Å². The molecule has 1 atom stereocenters. The normalized spacial score (nSPS) is 19.1. The Morgan fingerprint density at radius 3 is 2.46 bits per heavy atom. The van der Waals surface area contributed by atoms with Crippen molar-refractivity contribution in [1.82, 2.24) is 9.97 Å². The van der Waals surface area contributed by atoms with Crippen molar-refractivity contribution in [1.29, 1.82) is 0 Å². The Balaban J connectivity index is 1.58. The van der Waals surface area contributed by atoms with Crippen LogP contribution in [0, 0.1) is 11.8 Å². The fraction of sp³-hybridized carbons (Fsp3) is 0.500. The number of carbonyl (C=O) groups is 3. The molecule has 0 saturated heterocycles. The molecular formula is C34H41N3O4. The highest BCUT2D eigenvalue weighted by molar-refractivity contribution is 6.13. The minimum Gasteiger partial charge on any atom is -0.481 e. The van der Waals surface area contributed by atoms with Gasteiger partial charge in [0, 0.05) is 42.7 Å². The molecule has 1 amide bonds. The van der Waals surface area contributed by atoms with Crippen molar-refractivity contribution in [2.75, 3.05) is 12.0 Å². The number of anilines is 1. The van der Waals surface area contributed by atoms with Crippen LogP contribution in [0.1, 0.15) is 100 Å². The first-order valence-corrected chi connectivity index (χ1v) is 15.1. The standard InChI is InChI=1S/C34H41N3O4/c1-23(2)10-9-13-26(38)21-34(22-27(39)20-24-11-5-4-6-12-24)29-15-8-7-14-28(29)33(40)37(34)30-18-16-25-17-19-31(41-3)36-32(25)35-30/h7-8,14-19,23-24H,4-6,9-13,20-22H2,1-3H3. The van der Waals surface area contributed by atoms with Gasteiger partial charge in [-0.15, -0.1) is 0 Å². The van der Waals surface area contributed by atoms with E-state index in [1.165, 1.54) is 6.42 Å². The second-order valence-corrected chi connectivity index (χ2v) is 12.2. The molecule has 2 aliphatic rings. The van der Waals surface area contributed by atoms with Gasteiger partial charge in [0.15, 0.2) is 5.65 Å². The molecule has 0 radical (unpaired) electrons. The first-order valence-electron chi connectivity index (χ1n) is 15.1. The molecule has 0 N–H and O–H groups in total. The number of ether oxygens (including phenoxy) is 1. The number of hydrogen-bond donors (Lipinski definition) is 0. The smallest absolute Gasteiger partial charge is 0.260 e. The number of rotatable bonds is 12. The van der Waals surface area contributed by atoms with Gasteiger partial charge in [0.25, 0.3) is 5.91 Å². The summed E-state index contributed by atoms with van der Waals surface area (Å²) in [6.45, 7) is 4.30. The van der Waals surface area contributed by atoms with E-state index in [-0.39, 0.29) is 30.3 Å². The van der Waals surface area contributed by atoms with E-state index in [1.807, 2.05) is 30.3 Å². The summed E-state index contributed by atoms with van der Waals surface area (Å²) >= 11 is 0. The van der Waals surface area contributed by atoms with Crippen molar-refractivity contribution in [2.45, 2.75) is 90.0 Å². The molecule has 2 aromatic heterocycles. The van der Waals surface area contributed by atoms with Gasteiger partial charge in [-0.3, -0.25) is 19.3 Å². The first kappa shape index (κ1) is 28.9. The number of aromatic nitrogens is 2. The highest BCUT2D eigenvalue weighted by Gasteiger charge is 2.52. The van der Waals surface area contributed by atoms with Crippen LogP contribution in [0.5, 0.6) is 5.88 Å². The third kappa shape index (κ3) is 6.19. The van der Waals surface area contributed by atoms with E-state index in [4.69, 9.17) is 9.72 Å². The van der Waals surface area contributed by atoms with E-state index in [0.717, 1.165) is 49.5 Å². The molecule has 0 spiro atoms. The third-order valence-electron chi connectivity index (χ3n) is 8.70. The van der Waals surface area contributed by atoms with Crippen molar-refractivity contribution < 1.29 is 19.1 Å². The fourth-order valence-electron chi connectivity index (χ4n) is 6.69. The minimum atomic E-state index is -1.13. The summed E-state index contributed by atoms with van der Waals surface area (Å²) < 4.78 is 5.31. The number of Topliss-reactive ketones (excluding diaryl/α,β-unsaturated/α-hetero) is 2. The SMILES string of the molecule is COc1ccc2ccc(N3C(=O)c4ccccc4C3(CC(=O)CCCC(C)C)CC(=O)CC3CCCCC3)nc2n1. The molecular weight excluding hydrogens is 514 g/mol. The maximum absolute atomic E-state index is 14.1. The molecule has 0 bridgehead atoms. The van der Waals surface area contributed by atoms with Crippen molar-refractivity contribution in [3.63, 3.8) is 0 Å². The summed E-state index contributed by atoms with van der Waals surface area (Å²) in [6.07, 6.45) is 8.48. The molecule has 3 aromatic rings. The van der Waals surface area contributed by atoms with E-state index >= 15 is 0 Å². The van der Waals surface area contributed by atoms with Gasteiger partial charge >= 0.3 is 0 Å². The average Bonchev–Trinajstić information content (AvgIpc) is 3.19. The first-order chi connectivity index (χ1) is 19.8. The number of hydrogen-bond acceptors (Lipinski definition) is 6. The summed E-state index contributed by atoms with van der Waals surface area (Å²) in [5.74, 6) is 1.60. The zero-order chi connectivity index (χ0) is 29.0. The molecule has 1 aromatic carbocycles. The Bertz CT molecular complexity index is 1430. The second kappa shape index (κ2) is 12.5. The highest BCUT2D eigenvalue weighted by Crippen LogP contribution is 2.48. The number of methoxy groups -OCH3 is 1. The van der Waals surface area contributed by atoms with Crippen LogP contribution in [0.25, 0.3) is 11.0 Å². The number of fused-ring (bicyclic) bond motifs is 2. The van der Waals surface area contributed by atoms with Gasteiger partial charge < -0.3 is 4.74 Å². The average molecular weight is 556 g/mol. The molecule has 7 nitrogen and oxygen atoms in total. The molecule has 216 valence electrons. The lowest BCUT2D eigenvalue weighted by molar-refractivity contribution is -0.123. The topological polar surface area (TPSA) is 89.5 Å². The van der Waals surface area contributed by atoms with Crippen LogP contribution >= 0.6 is 0 Å². The molecule has 3 heterocycles. The Kier molecular flexibility index (Phi) is 8.81. The Hall–Kier alpha value is -3.61. The monoisotopic (exact) mass is 555 g/mol. The van der Waals surface area contributed by atoms with Gasteiger partial charge in [0.1, 0.15) is 17.4 Å². The summed E-state index contributed by atoms with van der Waals surface area (Å²) in [7, 11) is 1.55. The maximum atomic E-state index is 14.1. The van der Waals surface area contributed by atoms with E-state index in [0.29, 0.717) is 47.6 Å². The molecule has 1 fully saturated rings. The summed E-state index contributed by atoms with van der Waals surface area (Å²) in [5, 5.41) is 0.808. The summed E-state index contributed by atoms with van der Waals surface area (Å²) in [6, 6.07) is 14.7. The van der Waals surface area contributed by atoms with Gasteiger partial charge in [0.2, 0.25) is 5.88 Å². The minimum absolute atomic E-state index is 0.0613. The number of pyridine rings is 2. The van der Waals surface area contributed by atoms with Crippen LogP contribution < -0.4 is 9.64 Å². The van der Waals surface area contributed by atoms with Crippen molar-refractivity contribution in [3.8, 4) is 5.88 Å². The lowest BCUT2D eigenvalue weighted by Gasteiger charge is -2.38. The van der Waals surface area contributed by atoms with E-state index < -0.39 is 5.54 Å². The highest BCUT2D eigenvalue weighted by atomic mass is 16.5. The molecule has 5 rings (SSSR count). The molecule has 41 heavy (non-hydrogen) atoms. The summed E-state index contributed by atoms with van der Waals surface area (Å²) in [5.41, 5.74) is 0.567. The van der Waals surface area contributed by atoms with Crippen LogP contribution in [0.2, 0.25) is 0 Å². The number of nitrogens with zero attached hydrogens (tertiary/aromatic N) is 3. The van der Waals surface area contributed by atoms with Gasteiger partial charge in [-0.25, -0.2) is 4.98 Å². The molecule has 1 saturated carbocycles. The number of amides is 1. The maximum Gasteiger partial charge on any atom is 0.260 e. The predicted octanol–water partition coefficient (Wildman–Crippen LogP) is 7.21. The largest absolute Gasteiger partial charge is 0.481 e. The van der Waals surface area contributed by atoms with E-state index in [2.05, 4.69) is 18.8 Å². The van der Waals surface area contributed by atoms with E-state index in [9.17, 15) is 14.4 Å². The fourth-order valence-corrected chi connectivity index (χ4v) is 6.69. The zero-order valence-electron chi connectivity index (χ0n) is 24.5. The van der Waals surface area contributed by atoms with Gasteiger partial charge in [-0.05, 0) is 48.1 Å². The van der Waals surface area contributed by atoms with Gasteiger partial charge in [-0.1, -0.05) is 70.6 Å². The number of benzene rings is 1. The van der Waals surface area contributed by atoms with Crippen LogP contribution in [-0.4, -0.2) is 34.6 Å². The van der Waals surface area contributed by atoms with Crippen LogP contribution in [0.3, 0.4) is 0 Å². The van der Waals surface area contributed by atoms with Crippen LogP contribution in [0.4, 0.5) is 5.82 Å². The van der Waals surface area contributed by atoms with Gasteiger partial charge in [0.05, 0.1) is 12.6 Å². The van der Waals surface area contributed by atoms with E-state index in [1.54, 1.807) is 30.2 Å². The lowest BCUT2D eigenvalue weighted by atomic mass is 9.77. The van der Waals surface area contributed by atoms with Crippen molar-refractivity contribution in [2.24, 2.45) is 11.8 Å². The van der Waals surface area contributed by atoms with Crippen LogP contribution in [0.15, 0.2) is 48.5 Å². The number of carbonyl (C=O) groups excluding carboxylic acids is 3. The predicted molar refractivity (Wildman–Crippen MR) is 160 cm³/mol.